The molecule has 2 N–H and O–H groups in total. The van der Waals surface area contributed by atoms with Gasteiger partial charge in [0.25, 0.3) is 0 Å². The van der Waals surface area contributed by atoms with Crippen molar-refractivity contribution in [1.29, 1.82) is 0 Å². The minimum atomic E-state index is 0.155. The molecule has 2 unspecified atom stereocenters. The number of hydrogen-bond acceptors (Lipinski definition) is 3. The maximum absolute atomic E-state index is 5.75. The molecule has 3 heteroatoms. The molecule has 2 rings (SSSR count). The van der Waals surface area contributed by atoms with Gasteiger partial charge in [-0.25, -0.2) is 0 Å². The van der Waals surface area contributed by atoms with Gasteiger partial charge in [0.1, 0.15) is 0 Å². The topological polar surface area (TPSA) is 48.1 Å². The van der Waals surface area contributed by atoms with Crippen LogP contribution in [0.4, 0.5) is 0 Å². The number of rotatable bonds is 2. The normalized spacial score (nSPS) is 27.5. The Morgan fingerprint density at radius 1 is 1.57 bits per heavy atom. The van der Waals surface area contributed by atoms with E-state index in [2.05, 4.69) is 11.1 Å². The minimum absolute atomic E-state index is 0.155. The van der Waals surface area contributed by atoms with Crippen molar-refractivity contribution in [2.45, 2.75) is 18.9 Å². The zero-order valence-corrected chi connectivity index (χ0v) is 8.23. The molecule has 0 aromatic carbocycles. The molecule has 0 saturated carbocycles. The highest BCUT2D eigenvalue weighted by Crippen LogP contribution is 2.32. The van der Waals surface area contributed by atoms with Crippen LogP contribution in [0.1, 0.15) is 24.5 Å². The average molecular weight is 192 g/mol. The van der Waals surface area contributed by atoms with Crippen LogP contribution >= 0.6 is 0 Å². The number of nitrogens with zero attached hydrogens (tertiary/aromatic N) is 1. The molecule has 2 heterocycles. The van der Waals surface area contributed by atoms with Crippen LogP contribution in [0.25, 0.3) is 0 Å². The first-order valence-corrected chi connectivity index (χ1v) is 5.13. The molecule has 0 aliphatic carbocycles. The Balaban J connectivity index is 2.15. The fourth-order valence-electron chi connectivity index (χ4n) is 2.00. The lowest BCUT2D eigenvalue weighted by atomic mass is 9.90. The van der Waals surface area contributed by atoms with Crippen LogP contribution in [-0.4, -0.2) is 18.1 Å². The van der Waals surface area contributed by atoms with Gasteiger partial charge >= 0.3 is 0 Å². The number of ether oxygens (including phenoxy) is 1. The molecule has 1 aromatic heterocycles. The molecule has 0 spiro atoms. The first-order valence-electron chi connectivity index (χ1n) is 5.13. The molecule has 1 aromatic rings. The van der Waals surface area contributed by atoms with Gasteiger partial charge in [-0.3, -0.25) is 4.98 Å². The van der Waals surface area contributed by atoms with Crippen LogP contribution in [-0.2, 0) is 4.74 Å². The lowest BCUT2D eigenvalue weighted by Gasteiger charge is -2.30. The molecular weight excluding hydrogens is 176 g/mol. The van der Waals surface area contributed by atoms with E-state index in [1.807, 2.05) is 12.3 Å². The molecule has 2 atom stereocenters. The van der Waals surface area contributed by atoms with Crippen molar-refractivity contribution in [2.24, 2.45) is 11.7 Å². The van der Waals surface area contributed by atoms with Crippen LogP contribution in [0.2, 0.25) is 0 Å². The predicted octanol–water partition coefficient (Wildman–Crippen LogP) is 1.51. The first-order chi connectivity index (χ1) is 6.92. The zero-order valence-electron chi connectivity index (χ0n) is 8.23. The van der Waals surface area contributed by atoms with Gasteiger partial charge in [0.2, 0.25) is 0 Å². The van der Waals surface area contributed by atoms with Crippen LogP contribution in [0.15, 0.2) is 24.5 Å². The summed E-state index contributed by atoms with van der Waals surface area (Å²) >= 11 is 0. The largest absolute Gasteiger partial charge is 0.373 e. The standard InChI is InChI=1S/C11H16N2O/c12-7-9-4-2-6-14-11(9)10-3-1-5-13-8-10/h1,3,5,8-9,11H,2,4,6-7,12H2. The summed E-state index contributed by atoms with van der Waals surface area (Å²) in [4.78, 5) is 4.11. The summed E-state index contributed by atoms with van der Waals surface area (Å²) in [5.41, 5.74) is 6.89. The number of aromatic nitrogens is 1. The molecular formula is C11H16N2O. The summed E-state index contributed by atoms with van der Waals surface area (Å²) in [6.07, 6.45) is 6.10. The van der Waals surface area contributed by atoms with Gasteiger partial charge in [-0.2, -0.15) is 0 Å². The maximum Gasteiger partial charge on any atom is 0.0879 e. The summed E-state index contributed by atoms with van der Waals surface area (Å²) in [6.45, 7) is 1.54. The predicted molar refractivity (Wildman–Crippen MR) is 54.7 cm³/mol. The second-order valence-corrected chi connectivity index (χ2v) is 3.72. The Hall–Kier alpha value is -0.930. The zero-order chi connectivity index (χ0) is 9.80. The highest BCUT2D eigenvalue weighted by Gasteiger charge is 2.26. The average Bonchev–Trinajstić information content (AvgIpc) is 2.30. The van der Waals surface area contributed by atoms with E-state index in [9.17, 15) is 0 Å². The van der Waals surface area contributed by atoms with Crippen molar-refractivity contribution < 1.29 is 4.74 Å². The fraction of sp³-hybridized carbons (Fsp3) is 0.545. The van der Waals surface area contributed by atoms with Crippen molar-refractivity contribution in [2.75, 3.05) is 13.2 Å². The Morgan fingerprint density at radius 2 is 2.50 bits per heavy atom. The van der Waals surface area contributed by atoms with Crippen LogP contribution in [0, 0.1) is 5.92 Å². The quantitative estimate of drug-likeness (QED) is 0.772. The van der Waals surface area contributed by atoms with Crippen LogP contribution in [0.5, 0.6) is 0 Å². The van der Waals surface area contributed by atoms with Gasteiger partial charge in [-0.15, -0.1) is 0 Å². The Bertz CT molecular complexity index is 276. The highest BCUT2D eigenvalue weighted by molar-refractivity contribution is 5.13. The monoisotopic (exact) mass is 192 g/mol. The van der Waals surface area contributed by atoms with Gasteiger partial charge in [-0.05, 0) is 31.0 Å². The van der Waals surface area contributed by atoms with Crippen molar-refractivity contribution in [3.05, 3.63) is 30.1 Å². The summed E-state index contributed by atoms with van der Waals surface area (Å²) in [5, 5.41) is 0. The van der Waals surface area contributed by atoms with Gasteiger partial charge in [0.05, 0.1) is 6.10 Å². The van der Waals surface area contributed by atoms with Crippen LogP contribution in [0.3, 0.4) is 0 Å². The summed E-state index contributed by atoms with van der Waals surface area (Å²) in [5.74, 6) is 0.452. The second-order valence-electron chi connectivity index (χ2n) is 3.72. The SMILES string of the molecule is NCC1CCCOC1c1cccnc1. The highest BCUT2D eigenvalue weighted by atomic mass is 16.5. The smallest absolute Gasteiger partial charge is 0.0879 e. The Labute approximate surface area is 84.3 Å². The molecule has 14 heavy (non-hydrogen) atoms. The van der Waals surface area contributed by atoms with Crippen molar-refractivity contribution in [1.82, 2.24) is 4.98 Å². The van der Waals surface area contributed by atoms with Crippen molar-refractivity contribution in [3.63, 3.8) is 0 Å². The lowest BCUT2D eigenvalue weighted by Crippen LogP contribution is -2.28. The molecule has 0 amide bonds. The van der Waals surface area contributed by atoms with E-state index in [-0.39, 0.29) is 6.10 Å². The Kier molecular flexibility index (Phi) is 3.11. The van der Waals surface area contributed by atoms with E-state index in [0.29, 0.717) is 12.5 Å². The third-order valence-corrected chi connectivity index (χ3v) is 2.76. The summed E-state index contributed by atoms with van der Waals surface area (Å²) in [6, 6.07) is 4.01. The van der Waals surface area contributed by atoms with E-state index in [0.717, 1.165) is 25.0 Å². The molecule has 1 saturated heterocycles. The molecule has 0 bridgehead atoms. The van der Waals surface area contributed by atoms with Crippen molar-refractivity contribution in [3.8, 4) is 0 Å². The third kappa shape index (κ3) is 1.94. The van der Waals surface area contributed by atoms with E-state index in [1.165, 1.54) is 0 Å². The van der Waals surface area contributed by atoms with Gasteiger partial charge in [0.15, 0.2) is 0 Å². The second kappa shape index (κ2) is 4.53. The summed E-state index contributed by atoms with van der Waals surface area (Å²) in [7, 11) is 0. The van der Waals surface area contributed by atoms with Gasteiger partial charge in [-0.1, -0.05) is 6.07 Å². The first kappa shape index (κ1) is 9.62. The van der Waals surface area contributed by atoms with Crippen molar-refractivity contribution >= 4 is 0 Å². The molecule has 1 aliphatic rings. The number of pyridine rings is 1. The van der Waals surface area contributed by atoms with E-state index >= 15 is 0 Å². The third-order valence-electron chi connectivity index (χ3n) is 2.76. The number of hydrogen-bond donors (Lipinski definition) is 1. The van der Waals surface area contributed by atoms with E-state index < -0.39 is 0 Å². The number of nitrogens with two attached hydrogens (primary N) is 1. The summed E-state index contributed by atoms with van der Waals surface area (Å²) < 4.78 is 5.75. The molecule has 76 valence electrons. The van der Waals surface area contributed by atoms with Gasteiger partial charge < -0.3 is 10.5 Å². The fourth-order valence-corrected chi connectivity index (χ4v) is 2.00. The minimum Gasteiger partial charge on any atom is -0.373 e. The van der Waals surface area contributed by atoms with E-state index in [1.54, 1.807) is 6.20 Å². The van der Waals surface area contributed by atoms with E-state index in [4.69, 9.17) is 10.5 Å². The molecule has 3 nitrogen and oxygen atoms in total. The lowest BCUT2D eigenvalue weighted by molar-refractivity contribution is -0.0253. The molecule has 1 aliphatic heterocycles. The Morgan fingerprint density at radius 3 is 3.21 bits per heavy atom. The molecule has 1 fully saturated rings. The van der Waals surface area contributed by atoms with Gasteiger partial charge in [0, 0.05) is 24.9 Å². The van der Waals surface area contributed by atoms with Crippen LogP contribution < -0.4 is 5.73 Å². The maximum atomic E-state index is 5.75. The molecule has 0 radical (unpaired) electrons.